The van der Waals surface area contributed by atoms with E-state index in [1.807, 2.05) is 0 Å². The van der Waals surface area contributed by atoms with Crippen LogP contribution in [0.25, 0.3) is 0 Å². The summed E-state index contributed by atoms with van der Waals surface area (Å²) in [7, 11) is 2.26. The third-order valence-electron chi connectivity index (χ3n) is 4.28. The quantitative estimate of drug-likeness (QED) is 0.807. The number of aromatic nitrogens is 1. The van der Waals surface area contributed by atoms with Gasteiger partial charge in [-0.05, 0) is 38.6 Å². The lowest BCUT2D eigenvalue weighted by atomic mass is 10.1. The van der Waals surface area contributed by atoms with Gasteiger partial charge in [0.1, 0.15) is 0 Å². The molecule has 1 heterocycles. The first-order valence-corrected chi connectivity index (χ1v) is 8.15. The smallest absolute Gasteiger partial charge is 0.0547 e. The fourth-order valence-electron chi connectivity index (χ4n) is 3.05. The Morgan fingerprint density at radius 3 is 2.55 bits per heavy atom. The number of rotatable bonds is 6. The van der Waals surface area contributed by atoms with Gasteiger partial charge in [0.2, 0.25) is 0 Å². The van der Waals surface area contributed by atoms with E-state index in [2.05, 4.69) is 42.4 Å². The molecule has 1 N–H and O–H groups in total. The zero-order valence-corrected chi connectivity index (χ0v) is 13.1. The van der Waals surface area contributed by atoms with Crippen molar-refractivity contribution >= 4 is 0 Å². The molecule has 3 nitrogen and oxygen atoms in total. The molecule has 0 aliphatic heterocycles. The Balaban J connectivity index is 1.90. The highest BCUT2D eigenvalue weighted by atomic mass is 15.1. The van der Waals surface area contributed by atoms with Gasteiger partial charge >= 0.3 is 0 Å². The number of hydrogen-bond donors (Lipinski definition) is 1. The molecular formula is C17H29N3. The lowest BCUT2D eigenvalue weighted by molar-refractivity contribution is 0.210. The van der Waals surface area contributed by atoms with Crippen molar-refractivity contribution in [3.63, 3.8) is 0 Å². The molecule has 0 bridgehead atoms. The Hall–Kier alpha value is -0.930. The first kappa shape index (κ1) is 15.5. The maximum Gasteiger partial charge on any atom is 0.0547 e. The minimum atomic E-state index is 0.747. The second kappa shape index (κ2) is 8.38. The SMILES string of the molecule is CCNCc1cccc(CN(C)C2CCCCCC2)n1. The van der Waals surface area contributed by atoms with Crippen molar-refractivity contribution in [3.8, 4) is 0 Å². The first-order chi connectivity index (χ1) is 9.79. The van der Waals surface area contributed by atoms with Crippen molar-refractivity contribution in [3.05, 3.63) is 29.6 Å². The van der Waals surface area contributed by atoms with Crippen LogP contribution in [0.2, 0.25) is 0 Å². The van der Waals surface area contributed by atoms with Gasteiger partial charge in [0.25, 0.3) is 0 Å². The zero-order valence-electron chi connectivity index (χ0n) is 13.1. The van der Waals surface area contributed by atoms with Crippen molar-refractivity contribution in [2.45, 2.75) is 64.6 Å². The number of pyridine rings is 1. The number of nitrogens with one attached hydrogen (secondary N) is 1. The normalized spacial score (nSPS) is 17.4. The molecule has 0 amide bonds. The van der Waals surface area contributed by atoms with Crippen LogP contribution in [-0.2, 0) is 13.1 Å². The molecule has 0 radical (unpaired) electrons. The molecular weight excluding hydrogens is 246 g/mol. The van der Waals surface area contributed by atoms with E-state index in [0.717, 1.165) is 31.4 Å². The van der Waals surface area contributed by atoms with E-state index >= 15 is 0 Å². The monoisotopic (exact) mass is 275 g/mol. The minimum Gasteiger partial charge on any atom is -0.311 e. The maximum absolute atomic E-state index is 4.76. The third-order valence-corrected chi connectivity index (χ3v) is 4.28. The van der Waals surface area contributed by atoms with Gasteiger partial charge in [-0.2, -0.15) is 0 Å². The van der Waals surface area contributed by atoms with Gasteiger partial charge in [-0.3, -0.25) is 9.88 Å². The molecule has 2 rings (SSSR count). The largest absolute Gasteiger partial charge is 0.311 e. The summed E-state index contributed by atoms with van der Waals surface area (Å²) in [6, 6.07) is 7.15. The molecule has 20 heavy (non-hydrogen) atoms. The molecule has 0 spiro atoms. The lowest BCUT2D eigenvalue weighted by Gasteiger charge is -2.26. The van der Waals surface area contributed by atoms with Gasteiger partial charge in [-0.15, -0.1) is 0 Å². The Kier molecular flexibility index (Phi) is 6.48. The molecule has 1 aliphatic rings. The van der Waals surface area contributed by atoms with Crippen molar-refractivity contribution < 1.29 is 0 Å². The van der Waals surface area contributed by atoms with Gasteiger partial charge in [0.05, 0.1) is 11.4 Å². The Labute approximate surface area is 123 Å². The standard InChI is InChI=1S/C17H29N3/c1-3-18-13-15-9-8-10-16(19-15)14-20(2)17-11-6-4-5-7-12-17/h8-10,17-18H,3-7,11-14H2,1-2H3. The molecule has 1 aromatic rings. The van der Waals surface area contributed by atoms with E-state index in [1.165, 1.54) is 44.2 Å². The Bertz CT molecular complexity index is 384. The summed E-state index contributed by atoms with van der Waals surface area (Å²) in [5, 5.41) is 3.34. The molecule has 1 aliphatic carbocycles. The van der Waals surface area contributed by atoms with Crippen LogP contribution < -0.4 is 5.32 Å². The summed E-state index contributed by atoms with van der Waals surface area (Å²) >= 11 is 0. The van der Waals surface area contributed by atoms with Crippen LogP contribution >= 0.6 is 0 Å². The van der Waals surface area contributed by atoms with Crippen molar-refractivity contribution in [2.75, 3.05) is 13.6 Å². The third kappa shape index (κ3) is 4.88. The van der Waals surface area contributed by atoms with Gasteiger partial charge in [0.15, 0.2) is 0 Å². The van der Waals surface area contributed by atoms with E-state index in [4.69, 9.17) is 4.98 Å². The van der Waals surface area contributed by atoms with Crippen molar-refractivity contribution in [1.29, 1.82) is 0 Å². The topological polar surface area (TPSA) is 28.2 Å². The summed E-state index contributed by atoms with van der Waals surface area (Å²) < 4.78 is 0. The highest BCUT2D eigenvalue weighted by Gasteiger charge is 2.17. The molecule has 1 saturated carbocycles. The highest BCUT2D eigenvalue weighted by molar-refractivity contribution is 5.11. The van der Waals surface area contributed by atoms with Crippen molar-refractivity contribution in [1.82, 2.24) is 15.2 Å². The summed E-state index contributed by atoms with van der Waals surface area (Å²) in [5.41, 5.74) is 2.35. The van der Waals surface area contributed by atoms with Crippen molar-refractivity contribution in [2.24, 2.45) is 0 Å². The molecule has 1 aromatic heterocycles. The van der Waals surface area contributed by atoms with Gasteiger partial charge in [-0.1, -0.05) is 38.7 Å². The molecule has 1 fully saturated rings. The number of nitrogens with zero attached hydrogens (tertiary/aromatic N) is 2. The van der Waals surface area contributed by atoms with Crippen LogP contribution in [0.15, 0.2) is 18.2 Å². The first-order valence-electron chi connectivity index (χ1n) is 8.15. The average Bonchev–Trinajstić information content (AvgIpc) is 2.74. The molecule has 0 saturated heterocycles. The Morgan fingerprint density at radius 2 is 1.85 bits per heavy atom. The van der Waals surface area contributed by atoms with E-state index in [9.17, 15) is 0 Å². The molecule has 3 heteroatoms. The van der Waals surface area contributed by atoms with Crippen LogP contribution in [0.5, 0.6) is 0 Å². The fourth-order valence-corrected chi connectivity index (χ4v) is 3.05. The lowest BCUT2D eigenvalue weighted by Crippen LogP contribution is -2.31. The van der Waals surface area contributed by atoms with Crippen LogP contribution in [-0.4, -0.2) is 29.5 Å². The van der Waals surface area contributed by atoms with Gasteiger partial charge in [-0.25, -0.2) is 0 Å². The van der Waals surface area contributed by atoms with E-state index in [1.54, 1.807) is 0 Å². The maximum atomic E-state index is 4.76. The van der Waals surface area contributed by atoms with E-state index in [0.29, 0.717) is 0 Å². The van der Waals surface area contributed by atoms with Gasteiger partial charge in [0, 0.05) is 19.1 Å². The highest BCUT2D eigenvalue weighted by Crippen LogP contribution is 2.22. The van der Waals surface area contributed by atoms with Gasteiger partial charge < -0.3 is 5.32 Å². The van der Waals surface area contributed by atoms with E-state index in [-0.39, 0.29) is 0 Å². The Morgan fingerprint density at radius 1 is 1.15 bits per heavy atom. The molecule has 112 valence electrons. The van der Waals surface area contributed by atoms with Crippen LogP contribution in [0.4, 0.5) is 0 Å². The predicted octanol–water partition coefficient (Wildman–Crippen LogP) is 3.35. The summed E-state index contributed by atoms with van der Waals surface area (Å²) in [6.45, 7) is 4.97. The molecule has 0 unspecified atom stereocenters. The summed E-state index contributed by atoms with van der Waals surface area (Å²) in [4.78, 5) is 7.27. The minimum absolute atomic E-state index is 0.747. The predicted molar refractivity (Wildman–Crippen MR) is 84.6 cm³/mol. The number of hydrogen-bond acceptors (Lipinski definition) is 3. The summed E-state index contributed by atoms with van der Waals surface area (Å²) in [5.74, 6) is 0. The average molecular weight is 275 g/mol. The summed E-state index contributed by atoms with van der Waals surface area (Å²) in [6.07, 6.45) is 8.33. The second-order valence-electron chi connectivity index (χ2n) is 5.96. The van der Waals surface area contributed by atoms with E-state index < -0.39 is 0 Å². The zero-order chi connectivity index (χ0) is 14.2. The van der Waals surface area contributed by atoms with Crippen LogP contribution in [0, 0.1) is 0 Å². The van der Waals surface area contributed by atoms with Crippen LogP contribution in [0.1, 0.15) is 56.8 Å². The molecule has 0 aromatic carbocycles. The molecule has 0 atom stereocenters. The fraction of sp³-hybridized carbons (Fsp3) is 0.706. The van der Waals surface area contributed by atoms with Crippen LogP contribution in [0.3, 0.4) is 0 Å². The second-order valence-corrected chi connectivity index (χ2v) is 5.96.